The van der Waals surface area contributed by atoms with Crippen LogP contribution >= 0.6 is 11.6 Å². The molecule has 2 atom stereocenters. The zero-order chi connectivity index (χ0) is 30.2. The van der Waals surface area contributed by atoms with Gasteiger partial charge in [-0.3, -0.25) is 13.9 Å². The molecule has 0 aliphatic carbocycles. The number of hydrogen-bond acceptors (Lipinski definition) is 5. The van der Waals surface area contributed by atoms with Crippen molar-refractivity contribution in [2.24, 2.45) is 0 Å². The molecule has 3 rings (SSSR count). The second kappa shape index (κ2) is 14.4. The van der Waals surface area contributed by atoms with E-state index in [1.165, 1.54) is 36.3 Å². The first-order valence-corrected chi connectivity index (χ1v) is 15.4. The van der Waals surface area contributed by atoms with Gasteiger partial charge in [-0.25, -0.2) is 8.42 Å². The fourth-order valence-electron chi connectivity index (χ4n) is 4.32. The highest BCUT2D eigenvalue weighted by Crippen LogP contribution is 2.32. The van der Waals surface area contributed by atoms with E-state index in [1.54, 1.807) is 18.2 Å². The van der Waals surface area contributed by atoms with Crippen LogP contribution in [0.4, 0.5) is 5.69 Å². The number of aryl methyl sites for hydroxylation is 1. The zero-order valence-electron chi connectivity index (χ0n) is 24.1. The maximum absolute atomic E-state index is 14.1. The SMILES string of the molecule is CC[C@@H](C)NC(=O)[C@H](CC)N(Cc1ccccc1)C(=O)CN(c1ccc(OC)c(Cl)c1)S(=O)(=O)c1ccc(C)cc1. The minimum atomic E-state index is -4.20. The maximum atomic E-state index is 14.1. The van der Waals surface area contributed by atoms with E-state index in [0.717, 1.165) is 21.9 Å². The average Bonchev–Trinajstić information content (AvgIpc) is 2.96. The molecule has 0 unspecified atom stereocenters. The number of nitrogens with zero attached hydrogens (tertiary/aromatic N) is 2. The summed E-state index contributed by atoms with van der Waals surface area (Å²) in [6.07, 6.45) is 1.08. The van der Waals surface area contributed by atoms with Gasteiger partial charge in [0.1, 0.15) is 18.3 Å². The lowest BCUT2D eigenvalue weighted by Crippen LogP contribution is -2.53. The fourth-order valence-corrected chi connectivity index (χ4v) is 5.98. The molecule has 0 fully saturated rings. The topological polar surface area (TPSA) is 96.0 Å². The lowest BCUT2D eigenvalue weighted by Gasteiger charge is -2.33. The van der Waals surface area contributed by atoms with Gasteiger partial charge < -0.3 is 15.0 Å². The molecule has 0 aliphatic rings. The Bertz CT molecular complexity index is 1430. The Kier molecular flexibility index (Phi) is 11.2. The summed E-state index contributed by atoms with van der Waals surface area (Å²) in [4.78, 5) is 28.9. The van der Waals surface area contributed by atoms with Crippen LogP contribution in [0.2, 0.25) is 5.02 Å². The number of carbonyl (C=O) groups excluding carboxylic acids is 2. The first-order chi connectivity index (χ1) is 19.5. The largest absolute Gasteiger partial charge is 0.495 e. The second-order valence-corrected chi connectivity index (χ2v) is 12.2. The van der Waals surface area contributed by atoms with Gasteiger partial charge >= 0.3 is 0 Å². The van der Waals surface area contributed by atoms with Crippen LogP contribution in [-0.2, 0) is 26.2 Å². The summed E-state index contributed by atoms with van der Waals surface area (Å²) in [5.41, 5.74) is 1.91. The minimum absolute atomic E-state index is 0.0269. The summed E-state index contributed by atoms with van der Waals surface area (Å²) in [7, 11) is -2.74. The van der Waals surface area contributed by atoms with Crippen LogP contribution in [0.1, 0.15) is 44.7 Å². The summed E-state index contributed by atoms with van der Waals surface area (Å²) < 4.78 is 34.2. The highest BCUT2D eigenvalue weighted by Gasteiger charge is 2.34. The third-order valence-electron chi connectivity index (χ3n) is 6.89. The van der Waals surface area contributed by atoms with Crippen LogP contribution in [-0.4, -0.2) is 50.9 Å². The monoisotopic (exact) mass is 599 g/mol. The molecule has 220 valence electrons. The quantitative estimate of drug-likeness (QED) is 0.277. The van der Waals surface area contributed by atoms with E-state index in [4.69, 9.17) is 16.3 Å². The van der Waals surface area contributed by atoms with E-state index in [9.17, 15) is 18.0 Å². The van der Waals surface area contributed by atoms with Crippen molar-refractivity contribution in [3.63, 3.8) is 0 Å². The molecular formula is C31H38ClN3O5S. The Hall–Kier alpha value is -3.56. The molecule has 8 nitrogen and oxygen atoms in total. The van der Waals surface area contributed by atoms with Crippen LogP contribution in [0, 0.1) is 6.92 Å². The van der Waals surface area contributed by atoms with Crippen molar-refractivity contribution in [3.05, 3.63) is 88.9 Å². The molecule has 0 aromatic heterocycles. The van der Waals surface area contributed by atoms with E-state index in [1.807, 2.05) is 58.0 Å². The number of ether oxygens (including phenoxy) is 1. The van der Waals surface area contributed by atoms with Gasteiger partial charge in [-0.05, 0) is 62.6 Å². The van der Waals surface area contributed by atoms with Crippen LogP contribution in [0.15, 0.2) is 77.7 Å². The number of methoxy groups -OCH3 is 1. The highest BCUT2D eigenvalue weighted by atomic mass is 35.5. The number of amides is 2. The van der Waals surface area contributed by atoms with Gasteiger partial charge in [0.25, 0.3) is 10.0 Å². The predicted octanol–water partition coefficient (Wildman–Crippen LogP) is 5.57. The number of halogens is 1. The summed E-state index contributed by atoms with van der Waals surface area (Å²) in [6.45, 7) is 7.14. The molecule has 3 aromatic carbocycles. The molecule has 3 aromatic rings. The van der Waals surface area contributed by atoms with Crippen molar-refractivity contribution in [3.8, 4) is 5.75 Å². The number of anilines is 1. The van der Waals surface area contributed by atoms with E-state index in [2.05, 4.69) is 5.32 Å². The molecule has 0 radical (unpaired) electrons. The van der Waals surface area contributed by atoms with E-state index in [-0.39, 0.29) is 34.1 Å². The van der Waals surface area contributed by atoms with Gasteiger partial charge in [-0.1, -0.05) is 73.5 Å². The first-order valence-electron chi connectivity index (χ1n) is 13.6. The molecule has 10 heteroatoms. The van der Waals surface area contributed by atoms with Gasteiger partial charge in [-0.2, -0.15) is 0 Å². The van der Waals surface area contributed by atoms with Gasteiger partial charge in [0.15, 0.2) is 0 Å². The van der Waals surface area contributed by atoms with Crippen molar-refractivity contribution < 1.29 is 22.7 Å². The molecule has 0 saturated carbocycles. The molecule has 1 N–H and O–H groups in total. The molecule has 0 saturated heterocycles. The third-order valence-corrected chi connectivity index (χ3v) is 8.98. The minimum Gasteiger partial charge on any atom is -0.495 e. The summed E-state index contributed by atoms with van der Waals surface area (Å²) >= 11 is 6.38. The normalized spacial score (nSPS) is 12.7. The second-order valence-electron chi connectivity index (χ2n) is 9.89. The molecule has 0 spiro atoms. The molecule has 0 bridgehead atoms. The predicted molar refractivity (Wildman–Crippen MR) is 163 cm³/mol. The Labute approximate surface area is 248 Å². The Morgan fingerprint density at radius 1 is 0.976 bits per heavy atom. The lowest BCUT2D eigenvalue weighted by molar-refractivity contribution is -0.140. The van der Waals surface area contributed by atoms with Gasteiger partial charge in [0.05, 0.1) is 22.7 Å². The van der Waals surface area contributed by atoms with Crippen molar-refractivity contribution in [2.45, 2.75) is 64.1 Å². The molecule has 0 heterocycles. The summed E-state index contributed by atoms with van der Waals surface area (Å²) in [6, 6.07) is 19.4. The van der Waals surface area contributed by atoms with Gasteiger partial charge in [0, 0.05) is 12.6 Å². The molecule has 41 heavy (non-hydrogen) atoms. The fraction of sp³-hybridized carbons (Fsp3) is 0.355. The smallest absolute Gasteiger partial charge is 0.264 e. The Morgan fingerprint density at radius 3 is 2.20 bits per heavy atom. The summed E-state index contributed by atoms with van der Waals surface area (Å²) in [5.74, 6) is -0.443. The van der Waals surface area contributed by atoms with Crippen molar-refractivity contribution in [1.82, 2.24) is 10.2 Å². The Morgan fingerprint density at radius 2 is 1.63 bits per heavy atom. The van der Waals surface area contributed by atoms with E-state index >= 15 is 0 Å². The number of benzene rings is 3. The van der Waals surface area contributed by atoms with Crippen LogP contribution in [0.25, 0.3) is 0 Å². The van der Waals surface area contributed by atoms with Crippen LogP contribution in [0.5, 0.6) is 5.75 Å². The number of carbonyl (C=O) groups is 2. The van der Waals surface area contributed by atoms with Crippen LogP contribution < -0.4 is 14.4 Å². The standard InChI is InChI=1S/C31H38ClN3O5S/c1-6-23(4)33-31(37)28(7-2)34(20-24-11-9-8-10-12-24)30(36)21-35(25-15-18-29(40-5)27(32)19-25)41(38,39)26-16-13-22(3)14-17-26/h8-19,23,28H,6-7,20-21H2,1-5H3,(H,33,37)/t23-,28+/m1/s1. The number of hydrogen-bond donors (Lipinski definition) is 1. The van der Waals surface area contributed by atoms with E-state index in [0.29, 0.717) is 12.2 Å². The number of nitrogens with one attached hydrogen (secondary N) is 1. The lowest BCUT2D eigenvalue weighted by atomic mass is 10.1. The molecular weight excluding hydrogens is 562 g/mol. The molecule has 2 amide bonds. The third kappa shape index (κ3) is 8.01. The van der Waals surface area contributed by atoms with E-state index < -0.39 is 28.5 Å². The Balaban J connectivity index is 2.08. The van der Waals surface area contributed by atoms with Crippen LogP contribution in [0.3, 0.4) is 0 Å². The van der Waals surface area contributed by atoms with Crippen molar-refractivity contribution in [2.75, 3.05) is 18.0 Å². The first kappa shape index (κ1) is 32.0. The van der Waals surface area contributed by atoms with Gasteiger partial charge in [-0.15, -0.1) is 0 Å². The number of sulfonamides is 1. The number of rotatable bonds is 13. The average molecular weight is 600 g/mol. The highest BCUT2D eigenvalue weighted by molar-refractivity contribution is 7.92. The zero-order valence-corrected chi connectivity index (χ0v) is 25.7. The maximum Gasteiger partial charge on any atom is 0.264 e. The summed E-state index contributed by atoms with van der Waals surface area (Å²) in [5, 5.41) is 3.17. The van der Waals surface area contributed by atoms with Crippen molar-refractivity contribution in [1.29, 1.82) is 0 Å². The molecule has 0 aliphatic heterocycles. The van der Waals surface area contributed by atoms with Crippen molar-refractivity contribution >= 4 is 39.1 Å². The van der Waals surface area contributed by atoms with Gasteiger partial charge in [0.2, 0.25) is 11.8 Å².